The van der Waals surface area contributed by atoms with Crippen LogP contribution in [-0.4, -0.2) is 23.9 Å². The molecule has 0 heterocycles. The second kappa shape index (κ2) is 5.76. The van der Waals surface area contributed by atoms with Crippen molar-refractivity contribution in [2.75, 3.05) is 5.73 Å². The van der Waals surface area contributed by atoms with Gasteiger partial charge in [-0.15, -0.1) is 0 Å². The molecule has 1 aromatic carbocycles. The number of anilines is 1. The van der Waals surface area contributed by atoms with Crippen molar-refractivity contribution in [3.63, 3.8) is 0 Å². The molecule has 0 radical (unpaired) electrons. The molecule has 0 spiro atoms. The number of amides is 2. The van der Waals surface area contributed by atoms with E-state index in [1.807, 2.05) is 26.0 Å². The highest BCUT2D eigenvalue weighted by Crippen LogP contribution is 2.48. The molecule has 1 aromatic rings. The van der Waals surface area contributed by atoms with Crippen LogP contribution in [0.5, 0.6) is 0 Å². The Morgan fingerprint density at radius 2 is 1.67 bits per heavy atom. The van der Waals surface area contributed by atoms with E-state index in [9.17, 15) is 9.59 Å². The van der Waals surface area contributed by atoms with E-state index in [2.05, 4.69) is 10.6 Å². The minimum absolute atomic E-state index is 0.0591. The van der Waals surface area contributed by atoms with Gasteiger partial charge in [0.15, 0.2) is 0 Å². The standard InChI is InChI=1S/C16H23N3O2/c1-10(2)18-14(20)11(3)19-15(21)16(8-9-16)12-4-6-13(17)7-5-12/h4-7,10-11H,8-9,17H2,1-3H3,(H,18,20)(H,19,21). The summed E-state index contributed by atoms with van der Waals surface area (Å²) in [6.45, 7) is 5.49. The molecule has 1 aliphatic carbocycles. The summed E-state index contributed by atoms with van der Waals surface area (Å²) < 4.78 is 0. The van der Waals surface area contributed by atoms with E-state index in [4.69, 9.17) is 5.73 Å². The number of hydrogen-bond acceptors (Lipinski definition) is 3. The normalized spacial score (nSPS) is 17.1. The fourth-order valence-corrected chi connectivity index (χ4v) is 2.38. The molecule has 1 fully saturated rings. The molecular formula is C16H23N3O2. The number of rotatable bonds is 5. The van der Waals surface area contributed by atoms with E-state index < -0.39 is 11.5 Å². The Morgan fingerprint density at radius 1 is 1.10 bits per heavy atom. The largest absolute Gasteiger partial charge is 0.399 e. The second-order valence-corrected chi connectivity index (χ2v) is 6.06. The maximum Gasteiger partial charge on any atom is 0.242 e. The lowest BCUT2D eigenvalue weighted by atomic mass is 9.94. The molecule has 2 amide bonds. The van der Waals surface area contributed by atoms with E-state index >= 15 is 0 Å². The number of nitrogen functional groups attached to an aromatic ring is 1. The van der Waals surface area contributed by atoms with Crippen LogP contribution in [0.1, 0.15) is 39.2 Å². The number of benzene rings is 1. The summed E-state index contributed by atoms with van der Waals surface area (Å²) in [6, 6.07) is 6.91. The van der Waals surface area contributed by atoms with Gasteiger partial charge in [-0.1, -0.05) is 12.1 Å². The molecule has 21 heavy (non-hydrogen) atoms. The van der Waals surface area contributed by atoms with Gasteiger partial charge in [0.2, 0.25) is 11.8 Å². The Labute approximate surface area is 125 Å². The van der Waals surface area contributed by atoms with Gasteiger partial charge in [-0.2, -0.15) is 0 Å². The molecule has 0 saturated heterocycles. The third-order valence-corrected chi connectivity index (χ3v) is 3.82. The Hall–Kier alpha value is -2.04. The van der Waals surface area contributed by atoms with E-state index in [0.717, 1.165) is 18.4 Å². The average molecular weight is 289 g/mol. The van der Waals surface area contributed by atoms with Crippen LogP contribution in [0.25, 0.3) is 0 Å². The van der Waals surface area contributed by atoms with Gasteiger partial charge in [-0.25, -0.2) is 0 Å². The topological polar surface area (TPSA) is 84.2 Å². The fraction of sp³-hybridized carbons (Fsp3) is 0.500. The molecule has 1 aliphatic rings. The van der Waals surface area contributed by atoms with Crippen LogP contribution < -0.4 is 16.4 Å². The smallest absolute Gasteiger partial charge is 0.242 e. The predicted octanol–water partition coefficient (Wildman–Crippen LogP) is 1.33. The van der Waals surface area contributed by atoms with Gasteiger partial charge >= 0.3 is 0 Å². The van der Waals surface area contributed by atoms with Crippen LogP contribution in [-0.2, 0) is 15.0 Å². The van der Waals surface area contributed by atoms with Crippen LogP contribution >= 0.6 is 0 Å². The first kappa shape index (κ1) is 15.4. The van der Waals surface area contributed by atoms with Crippen LogP contribution in [0.3, 0.4) is 0 Å². The maximum atomic E-state index is 12.5. The van der Waals surface area contributed by atoms with Crippen molar-refractivity contribution in [2.45, 2.75) is 51.1 Å². The van der Waals surface area contributed by atoms with E-state index in [0.29, 0.717) is 5.69 Å². The van der Waals surface area contributed by atoms with Crippen LogP contribution in [0.2, 0.25) is 0 Å². The Morgan fingerprint density at radius 3 is 2.14 bits per heavy atom. The van der Waals surface area contributed by atoms with Crippen molar-refractivity contribution in [2.24, 2.45) is 0 Å². The Bertz CT molecular complexity index is 533. The molecule has 5 heteroatoms. The molecule has 2 rings (SSSR count). The quantitative estimate of drug-likeness (QED) is 0.715. The molecular weight excluding hydrogens is 266 g/mol. The lowest BCUT2D eigenvalue weighted by Crippen LogP contribution is -2.49. The van der Waals surface area contributed by atoms with Crippen molar-refractivity contribution in [3.05, 3.63) is 29.8 Å². The number of carbonyl (C=O) groups excluding carboxylic acids is 2. The van der Waals surface area contributed by atoms with Gasteiger partial charge < -0.3 is 16.4 Å². The van der Waals surface area contributed by atoms with Gasteiger partial charge in [-0.3, -0.25) is 9.59 Å². The van der Waals surface area contributed by atoms with Gasteiger partial charge in [-0.05, 0) is 51.3 Å². The van der Waals surface area contributed by atoms with Crippen molar-refractivity contribution < 1.29 is 9.59 Å². The van der Waals surface area contributed by atoms with E-state index in [1.165, 1.54) is 0 Å². The monoisotopic (exact) mass is 289 g/mol. The van der Waals surface area contributed by atoms with E-state index in [1.54, 1.807) is 19.1 Å². The molecule has 114 valence electrons. The van der Waals surface area contributed by atoms with Crippen LogP contribution in [0, 0.1) is 0 Å². The Kier molecular flexibility index (Phi) is 4.21. The van der Waals surface area contributed by atoms with Gasteiger partial charge in [0.1, 0.15) is 6.04 Å². The lowest BCUT2D eigenvalue weighted by Gasteiger charge is -2.20. The van der Waals surface area contributed by atoms with Crippen molar-refractivity contribution in [3.8, 4) is 0 Å². The summed E-state index contributed by atoms with van der Waals surface area (Å²) in [5.74, 6) is -0.245. The van der Waals surface area contributed by atoms with Gasteiger partial charge in [0.05, 0.1) is 5.41 Å². The predicted molar refractivity (Wildman–Crippen MR) is 82.6 cm³/mol. The maximum absolute atomic E-state index is 12.5. The summed E-state index contributed by atoms with van der Waals surface area (Å²) in [6.07, 6.45) is 1.61. The molecule has 0 bridgehead atoms. The summed E-state index contributed by atoms with van der Waals surface area (Å²) >= 11 is 0. The SMILES string of the molecule is CC(C)NC(=O)C(C)NC(=O)C1(c2ccc(N)cc2)CC1. The fourth-order valence-electron chi connectivity index (χ4n) is 2.38. The molecule has 0 aromatic heterocycles. The molecule has 1 saturated carbocycles. The summed E-state index contributed by atoms with van der Waals surface area (Å²) in [7, 11) is 0. The molecule has 1 unspecified atom stereocenters. The summed E-state index contributed by atoms with van der Waals surface area (Å²) in [4.78, 5) is 24.4. The average Bonchev–Trinajstić information content (AvgIpc) is 3.20. The van der Waals surface area contributed by atoms with Crippen molar-refractivity contribution in [1.29, 1.82) is 0 Å². The zero-order valence-electron chi connectivity index (χ0n) is 12.8. The molecule has 5 nitrogen and oxygen atoms in total. The highest BCUT2D eigenvalue weighted by atomic mass is 16.2. The number of carbonyl (C=O) groups is 2. The first-order valence-corrected chi connectivity index (χ1v) is 7.32. The van der Waals surface area contributed by atoms with E-state index in [-0.39, 0.29) is 17.9 Å². The zero-order valence-corrected chi connectivity index (χ0v) is 12.8. The van der Waals surface area contributed by atoms with Crippen molar-refractivity contribution >= 4 is 17.5 Å². The van der Waals surface area contributed by atoms with Crippen LogP contribution in [0.15, 0.2) is 24.3 Å². The lowest BCUT2D eigenvalue weighted by molar-refractivity contribution is -0.130. The van der Waals surface area contributed by atoms with Crippen molar-refractivity contribution in [1.82, 2.24) is 10.6 Å². The Balaban J connectivity index is 2.03. The van der Waals surface area contributed by atoms with Crippen LogP contribution in [0.4, 0.5) is 5.69 Å². The number of nitrogens with two attached hydrogens (primary N) is 1. The third-order valence-electron chi connectivity index (χ3n) is 3.82. The zero-order chi connectivity index (χ0) is 15.6. The number of nitrogens with one attached hydrogen (secondary N) is 2. The third kappa shape index (κ3) is 3.35. The molecule has 0 aliphatic heterocycles. The molecule has 1 atom stereocenters. The minimum Gasteiger partial charge on any atom is -0.399 e. The van der Waals surface area contributed by atoms with Gasteiger partial charge in [0, 0.05) is 11.7 Å². The highest BCUT2D eigenvalue weighted by Gasteiger charge is 2.51. The minimum atomic E-state index is -0.536. The second-order valence-electron chi connectivity index (χ2n) is 6.06. The number of hydrogen-bond donors (Lipinski definition) is 3. The summed E-state index contributed by atoms with van der Waals surface area (Å²) in [5, 5.41) is 5.62. The summed E-state index contributed by atoms with van der Waals surface area (Å²) in [5.41, 5.74) is 6.84. The first-order chi connectivity index (χ1) is 9.85. The highest BCUT2D eigenvalue weighted by molar-refractivity contribution is 5.95. The molecule has 4 N–H and O–H groups in total. The first-order valence-electron chi connectivity index (χ1n) is 7.32. The van der Waals surface area contributed by atoms with Gasteiger partial charge in [0.25, 0.3) is 0 Å².